The van der Waals surface area contributed by atoms with Gasteiger partial charge in [0.1, 0.15) is 5.82 Å². The first-order valence-corrected chi connectivity index (χ1v) is 5.85. The first-order valence-electron chi connectivity index (χ1n) is 5.31. The summed E-state index contributed by atoms with van der Waals surface area (Å²) in [5, 5.41) is 7.45. The third-order valence-electron chi connectivity index (χ3n) is 2.76. The minimum absolute atomic E-state index is 0.118. The van der Waals surface area contributed by atoms with Crippen LogP contribution >= 0.6 is 11.6 Å². The lowest BCUT2D eigenvalue weighted by Gasteiger charge is -2.27. The van der Waals surface area contributed by atoms with Crippen molar-refractivity contribution in [3.63, 3.8) is 0 Å². The Morgan fingerprint density at radius 2 is 2.31 bits per heavy atom. The molecule has 0 spiro atoms. The first kappa shape index (κ1) is 11.2. The molecule has 1 N–H and O–H groups in total. The highest BCUT2D eigenvalue weighted by molar-refractivity contribution is 6.18. The van der Waals surface area contributed by atoms with Crippen molar-refractivity contribution in [2.75, 3.05) is 11.2 Å². The van der Waals surface area contributed by atoms with Crippen LogP contribution in [-0.4, -0.2) is 26.0 Å². The third kappa shape index (κ3) is 2.11. The van der Waals surface area contributed by atoms with Gasteiger partial charge in [0, 0.05) is 23.7 Å². The van der Waals surface area contributed by atoms with Crippen LogP contribution in [0.3, 0.4) is 0 Å². The molecule has 0 aliphatic rings. The van der Waals surface area contributed by atoms with Crippen molar-refractivity contribution in [3.8, 4) is 0 Å². The number of hydrogen-bond donors (Lipinski definition) is 1. The minimum atomic E-state index is -0.118. The number of halogens is 1. The van der Waals surface area contributed by atoms with Crippen molar-refractivity contribution >= 4 is 23.1 Å². The fraction of sp³-hybridized carbons (Fsp3) is 0.455. The predicted molar refractivity (Wildman–Crippen MR) is 66.0 cm³/mol. The van der Waals surface area contributed by atoms with E-state index in [1.807, 2.05) is 18.3 Å². The zero-order chi connectivity index (χ0) is 11.6. The summed E-state index contributed by atoms with van der Waals surface area (Å²) in [5.74, 6) is 1.38. The standard InChI is InChI=1S/C11H15ClN4/c1-3-11(2,8-12)15-9-5-7-16-10(14-9)4-6-13-16/h4-7H,3,8H2,1-2H3,(H,14,15). The average molecular weight is 239 g/mol. The van der Waals surface area contributed by atoms with E-state index in [0.717, 1.165) is 17.9 Å². The van der Waals surface area contributed by atoms with Gasteiger partial charge in [-0.2, -0.15) is 5.10 Å². The molecule has 0 radical (unpaired) electrons. The molecular weight excluding hydrogens is 224 g/mol. The molecule has 16 heavy (non-hydrogen) atoms. The Morgan fingerprint density at radius 3 is 3.00 bits per heavy atom. The third-order valence-corrected chi connectivity index (χ3v) is 3.35. The maximum Gasteiger partial charge on any atom is 0.157 e. The van der Waals surface area contributed by atoms with E-state index in [9.17, 15) is 0 Å². The van der Waals surface area contributed by atoms with E-state index >= 15 is 0 Å². The van der Waals surface area contributed by atoms with Gasteiger partial charge in [-0.05, 0) is 19.4 Å². The van der Waals surface area contributed by atoms with Gasteiger partial charge in [-0.3, -0.25) is 0 Å². The molecule has 1 unspecified atom stereocenters. The second kappa shape index (κ2) is 4.29. The maximum absolute atomic E-state index is 5.95. The molecule has 0 fully saturated rings. The summed E-state index contributed by atoms with van der Waals surface area (Å²) in [6.45, 7) is 4.19. The van der Waals surface area contributed by atoms with Crippen molar-refractivity contribution in [2.45, 2.75) is 25.8 Å². The number of anilines is 1. The molecule has 2 aromatic heterocycles. The van der Waals surface area contributed by atoms with Gasteiger partial charge in [-0.15, -0.1) is 11.6 Å². The SMILES string of the molecule is CCC(C)(CCl)Nc1ccn2nccc2n1. The number of rotatable bonds is 4. The topological polar surface area (TPSA) is 42.2 Å². The lowest BCUT2D eigenvalue weighted by Crippen LogP contribution is -2.36. The highest BCUT2D eigenvalue weighted by Gasteiger charge is 2.20. The van der Waals surface area contributed by atoms with Crippen molar-refractivity contribution in [1.82, 2.24) is 14.6 Å². The second-order valence-electron chi connectivity index (χ2n) is 4.12. The van der Waals surface area contributed by atoms with Gasteiger partial charge >= 0.3 is 0 Å². The van der Waals surface area contributed by atoms with Gasteiger partial charge < -0.3 is 5.32 Å². The smallest absolute Gasteiger partial charge is 0.157 e. The summed E-state index contributed by atoms with van der Waals surface area (Å²) in [7, 11) is 0. The molecular formula is C11H15ClN4. The van der Waals surface area contributed by atoms with Crippen LogP contribution in [0.5, 0.6) is 0 Å². The fourth-order valence-electron chi connectivity index (χ4n) is 1.41. The Bertz CT molecular complexity index is 476. The molecule has 0 aliphatic carbocycles. The van der Waals surface area contributed by atoms with Gasteiger partial charge in [-0.1, -0.05) is 6.92 Å². The van der Waals surface area contributed by atoms with Gasteiger partial charge in [0.05, 0.1) is 6.20 Å². The summed E-state index contributed by atoms with van der Waals surface area (Å²) < 4.78 is 1.73. The highest BCUT2D eigenvalue weighted by Crippen LogP contribution is 2.18. The number of hydrogen-bond acceptors (Lipinski definition) is 3. The molecule has 2 aromatic rings. The first-order chi connectivity index (χ1) is 7.67. The van der Waals surface area contributed by atoms with Crippen LogP contribution < -0.4 is 5.32 Å². The number of fused-ring (bicyclic) bond motifs is 1. The van der Waals surface area contributed by atoms with Crippen LogP contribution in [0.4, 0.5) is 5.82 Å². The normalized spacial score (nSPS) is 14.9. The van der Waals surface area contributed by atoms with Crippen molar-refractivity contribution in [3.05, 3.63) is 24.5 Å². The molecule has 0 aromatic carbocycles. The van der Waals surface area contributed by atoms with Crippen LogP contribution in [0.25, 0.3) is 5.65 Å². The van der Waals surface area contributed by atoms with E-state index in [1.54, 1.807) is 10.7 Å². The van der Waals surface area contributed by atoms with Crippen LogP contribution in [0.15, 0.2) is 24.5 Å². The van der Waals surface area contributed by atoms with E-state index < -0.39 is 0 Å². The van der Waals surface area contributed by atoms with E-state index in [-0.39, 0.29) is 5.54 Å². The molecule has 1 atom stereocenters. The predicted octanol–water partition coefficient (Wildman–Crippen LogP) is 2.55. The molecule has 86 valence electrons. The van der Waals surface area contributed by atoms with Gasteiger partial charge in [0.2, 0.25) is 0 Å². The average Bonchev–Trinajstić information content (AvgIpc) is 2.76. The van der Waals surface area contributed by atoms with Gasteiger partial charge in [0.25, 0.3) is 0 Å². The van der Waals surface area contributed by atoms with Gasteiger partial charge in [0.15, 0.2) is 5.65 Å². The van der Waals surface area contributed by atoms with E-state index in [4.69, 9.17) is 11.6 Å². The molecule has 2 rings (SSSR count). The lowest BCUT2D eigenvalue weighted by molar-refractivity contribution is 0.551. The van der Waals surface area contributed by atoms with Crippen LogP contribution in [-0.2, 0) is 0 Å². The molecule has 0 bridgehead atoms. The molecule has 2 heterocycles. The summed E-state index contributed by atoms with van der Waals surface area (Å²) in [5.41, 5.74) is 0.713. The number of nitrogens with one attached hydrogen (secondary N) is 1. The Morgan fingerprint density at radius 1 is 1.50 bits per heavy atom. The molecule has 0 amide bonds. The molecule has 0 saturated heterocycles. The van der Waals surface area contributed by atoms with Gasteiger partial charge in [-0.25, -0.2) is 9.50 Å². The monoisotopic (exact) mass is 238 g/mol. The summed E-state index contributed by atoms with van der Waals surface area (Å²) in [6.07, 6.45) is 4.56. The maximum atomic E-state index is 5.95. The number of nitrogens with zero attached hydrogens (tertiary/aromatic N) is 3. The fourth-order valence-corrected chi connectivity index (χ4v) is 1.66. The molecule has 5 heteroatoms. The summed E-state index contributed by atoms with van der Waals surface area (Å²) >= 11 is 5.95. The van der Waals surface area contributed by atoms with Crippen molar-refractivity contribution < 1.29 is 0 Å². The minimum Gasteiger partial charge on any atom is -0.364 e. The largest absolute Gasteiger partial charge is 0.364 e. The molecule has 4 nitrogen and oxygen atoms in total. The zero-order valence-corrected chi connectivity index (χ0v) is 10.2. The Labute approximate surface area is 99.6 Å². The molecule has 0 aliphatic heterocycles. The van der Waals surface area contributed by atoms with Crippen molar-refractivity contribution in [1.29, 1.82) is 0 Å². The van der Waals surface area contributed by atoms with E-state index in [1.165, 1.54) is 0 Å². The zero-order valence-electron chi connectivity index (χ0n) is 9.44. The Balaban J connectivity index is 2.26. The molecule has 0 saturated carbocycles. The summed E-state index contributed by atoms with van der Waals surface area (Å²) in [6, 6.07) is 3.77. The van der Waals surface area contributed by atoms with E-state index in [2.05, 4.69) is 29.2 Å². The van der Waals surface area contributed by atoms with Crippen molar-refractivity contribution in [2.24, 2.45) is 0 Å². The van der Waals surface area contributed by atoms with Crippen LogP contribution in [0, 0.1) is 0 Å². The van der Waals surface area contributed by atoms with Crippen LogP contribution in [0.2, 0.25) is 0 Å². The number of aromatic nitrogens is 3. The Hall–Kier alpha value is -1.29. The lowest BCUT2D eigenvalue weighted by atomic mass is 10.0. The van der Waals surface area contributed by atoms with Crippen LogP contribution in [0.1, 0.15) is 20.3 Å². The quantitative estimate of drug-likeness (QED) is 0.833. The highest BCUT2D eigenvalue weighted by atomic mass is 35.5. The Kier molecular flexibility index (Phi) is 3.01. The summed E-state index contributed by atoms with van der Waals surface area (Å²) in [4.78, 5) is 4.45. The second-order valence-corrected chi connectivity index (χ2v) is 4.39. The van der Waals surface area contributed by atoms with E-state index in [0.29, 0.717) is 5.88 Å². The number of alkyl halides is 1.